The Hall–Kier alpha value is -3.35. The molecule has 2 heterocycles. The van der Waals surface area contributed by atoms with Crippen LogP contribution in [0.15, 0.2) is 69.9 Å². The van der Waals surface area contributed by atoms with Gasteiger partial charge in [-0.25, -0.2) is 0 Å². The molecule has 4 rings (SSSR count). The van der Waals surface area contributed by atoms with Crippen LogP contribution < -0.4 is 15.6 Å². The number of hydrogen-bond donors (Lipinski definition) is 2. The molecule has 0 bridgehead atoms. The number of halogens is 1. The lowest BCUT2D eigenvalue weighted by molar-refractivity contribution is 0.108. The summed E-state index contributed by atoms with van der Waals surface area (Å²) in [7, 11) is 1.59. The molecule has 2 aromatic carbocycles. The van der Waals surface area contributed by atoms with Crippen LogP contribution in [0.2, 0.25) is 0 Å². The van der Waals surface area contributed by atoms with Crippen molar-refractivity contribution in [3.63, 3.8) is 0 Å². The van der Waals surface area contributed by atoms with Gasteiger partial charge in [-0.1, -0.05) is 12.1 Å². The van der Waals surface area contributed by atoms with E-state index in [2.05, 4.69) is 10.3 Å². The van der Waals surface area contributed by atoms with Crippen LogP contribution in [0.1, 0.15) is 21.7 Å². The third kappa shape index (κ3) is 4.30. The number of benzene rings is 2. The van der Waals surface area contributed by atoms with Gasteiger partial charge in [-0.3, -0.25) is 9.59 Å². The van der Waals surface area contributed by atoms with Gasteiger partial charge in [0.15, 0.2) is 0 Å². The van der Waals surface area contributed by atoms with Crippen LogP contribution in [0.5, 0.6) is 5.75 Å². The Morgan fingerprint density at radius 2 is 1.87 bits per heavy atom. The summed E-state index contributed by atoms with van der Waals surface area (Å²) in [6.07, 6.45) is 0. The van der Waals surface area contributed by atoms with Gasteiger partial charge in [-0.15, -0.1) is 0 Å². The van der Waals surface area contributed by atoms with Gasteiger partial charge in [0, 0.05) is 29.3 Å². The summed E-state index contributed by atoms with van der Waals surface area (Å²) < 4.78 is 11.0. The minimum Gasteiger partial charge on any atom is -0.497 e. The molecule has 4 aromatic rings. The first-order chi connectivity index (χ1) is 14.5. The average molecular weight is 423 g/mol. The molecule has 0 aliphatic rings. The number of carbonyl (C=O) groups excluding carboxylic acids is 1. The van der Waals surface area contributed by atoms with Crippen molar-refractivity contribution in [1.82, 2.24) is 10.3 Å². The maximum Gasteiger partial charge on any atom is 0.252 e. The summed E-state index contributed by atoms with van der Waals surface area (Å²) in [6.45, 7) is 0.873. The number of carbonyl (C=O) groups is 1. The van der Waals surface area contributed by atoms with Gasteiger partial charge in [0.05, 0.1) is 19.2 Å². The van der Waals surface area contributed by atoms with E-state index in [-0.39, 0.29) is 5.56 Å². The molecule has 0 fully saturated rings. The topological polar surface area (TPSA) is 84.3 Å². The number of ether oxygens (including phenoxy) is 1. The number of aromatic amines is 1. The first kappa shape index (κ1) is 19.9. The zero-order valence-corrected chi connectivity index (χ0v) is 17.0. The summed E-state index contributed by atoms with van der Waals surface area (Å²) in [6, 6.07) is 18.1. The maximum atomic E-state index is 12.3. The fourth-order valence-corrected chi connectivity index (χ4v) is 3.32. The van der Waals surface area contributed by atoms with E-state index in [0.717, 1.165) is 22.2 Å². The quantitative estimate of drug-likeness (QED) is 0.429. The van der Waals surface area contributed by atoms with E-state index in [1.54, 1.807) is 37.4 Å². The van der Waals surface area contributed by atoms with Crippen molar-refractivity contribution in [1.29, 1.82) is 0 Å². The highest BCUT2D eigenvalue weighted by atomic mass is 35.5. The van der Waals surface area contributed by atoms with Crippen LogP contribution in [0.3, 0.4) is 0 Å². The van der Waals surface area contributed by atoms with Crippen molar-refractivity contribution in [2.75, 3.05) is 7.11 Å². The molecular formula is C23H19ClN2O4. The Morgan fingerprint density at radius 1 is 1.07 bits per heavy atom. The lowest BCUT2D eigenvalue weighted by Crippen LogP contribution is -2.20. The first-order valence-electron chi connectivity index (χ1n) is 9.33. The summed E-state index contributed by atoms with van der Waals surface area (Å²) >= 11 is 5.47. The van der Waals surface area contributed by atoms with Crippen LogP contribution in [0, 0.1) is 0 Å². The molecule has 152 valence electrons. The fourth-order valence-electron chi connectivity index (χ4n) is 3.20. The van der Waals surface area contributed by atoms with E-state index < -0.39 is 5.24 Å². The lowest BCUT2D eigenvalue weighted by Gasteiger charge is -2.06. The summed E-state index contributed by atoms with van der Waals surface area (Å²) in [5, 5.41) is 3.68. The number of hydrogen-bond acceptors (Lipinski definition) is 5. The molecule has 0 atom stereocenters. The molecule has 0 saturated heterocycles. The van der Waals surface area contributed by atoms with E-state index in [1.165, 1.54) is 0 Å². The number of methoxy groups -OCH3 is 1. The molecular weight excluding hydrogens is 404 g/mol. The normalized spacial score (nSPS) is 11.0. The summed E-state index contributed by atoms with van der Waals surface area (Å²) in [5.41, 5.74) is 2.52. The van der Waals surface area contributed by atoms with Crippen LogP contribution in [-0.4, -0.2) is 17.3 Å². The van der Waals surface area contributed by atoms with E-state index in [0.29, 0.717) is 35.7 Å². The maximum absolute atomic E-state index is 12.3. The molecule has 2 aromatic heterocycles. The molecule has 0 radical (unpaired) electrons. The highest BCUT2D eigenvalue weighted by molar-refractivity contribution is 6.67. The van der Waals surface area contributed by atoms with Crippen LogP contribution in [0.25, 0.3) is 22.2 Å². The Labute approximate surface area is 177 Å². The number of furan rings is 1. The number of H-pyrrole nitrogens is 1. The predicted molar refractivity (Wildman–Crippen MR) is 116 cm³/mol. The third-order valence-electron chi connectivity index (χ3n) is 4.80. The highest BCUT2D eigenvalue weighted by Gasteiger charge is 2.08. The second-order valence-corrected chi connectivity index (χ2v) is 7.14. The molecule has 0 aliphatic carbocycles. The van der Waals surface area contributed by atoms with E-state index in [4.69, 9.17) is 20.8 Å². The molecule has 6 nitrogen and oxygen atoms in total. The Kier molecular flexibility index (Phi) is 5.70. The summed E-state index contributed by atoms with van der Waals surface area (Å²) in [5.74, 6) is 2.13. The second kappa shape index (κ2) is 8.57. The number of pyridine rings is 1. The van der Waals surface area contributed by atoms with Crippen LogP contribution in [0.4, 0.5) is 0 Å². The van der Waals surface area contributed by atoms with Gasteiger partial charge in [0.25, 0.3) is 10.8 Å². The van der Waals surface area contributed by atoms with E-state index >= 15 is 0 Å². The van der Waals surface area contributed by atoms with Gasteiger partial charge >= 0.3 is 0 Å². The van der Waals surface area contributed by atoms with Gasteiger partial charge < -0.3 is 19.5 Å². The molecule has 0 aliphatic heterocycles. The van der Waals surface area contributed by atoms with E-state index in [1.807, 2.05) is 30.3 Å². The van der Waals surface area contributed by atoms with E-state index in [9.17, 15) is 9.59 Å². The number of aromatic nitrogens is 1. The second-order valence-electron chi connectivity index (χ2n) is 6.80. The SMILES string of the molecule is COc1ccc2cc(CNCc3ccc(-c4ccc(C(=O)Cl)cc4)o3)c(=O)[nH]c2c1. The first-order valence-corrected chi connectivity index (χ1v) is 9.71. The van der Waals surface area contributed by atoms with Crippen molar-refractivity contribution < 1.29 is 13.9 Å². The fraction of sp³-hybridized carbons (Fsp3) is 0.130. The van der Waals surface area contributed by atoms with Crippen molar-refractivity contribution in [3.8, 4) is 17.1 Å². The average Bonchev–Trinajstić information content (AvgIpc) is 3.22. The molecule has 7 heteroatoms. The van der Waals surface area contributed by atoms with Crippen molar-refractivity contribution >= 4 is 27.7 Å². The molecule has 0 amide bonds. The van der Waals surface area contributed by atoms with Crippen LogP contribution in [-0.2, 0) is 13.1 Å². The zero-order chi connectivity index (χ0) is 21.1. The Morgan fingerprint density at radius 3 is 2.60 bits per heavy atom. The third-order valence-corrected chi connectivity index (χ3v) is 5.02. The van der Waals surface area contributed by atoms with Crippen molar-refractivity contribution in [3.05, 3.63) is 87.9 Å². The Bertz CT molecular complexity index is 1260. The van der Waals surface area contributed by atoms with Gasteiger partial charge in [-0.05, 0) is 59.5 Å². The standard InChI is InChI=1S/C23H19ClN2O4/c1-29-18-7-6-16-10-17(23(28)26-20(16)11-18)12-25-13-19-8-9-21(30-19)14-2-4-15(5-3-14)22(24)27/h2-11,25H,12-13H2,1H3,(H,26,28). The summed E-state index contributed by atoms with van der Waals surface area (Å²) in [4.78, 5) is 26.4. The van der Waals surface area contributed by atoms with Crippen molar-refractivity contribution in [2.24, 2.45) is 0 Å². The highest BCUT2D eigenvalue weighted by Crippen LogP contribution is 2.23. The van der Waals surface area contributed by atoms with Gasteiger partial charge in [0.1, 0.15) is 17.3 Å². The van der Waals surface area contributed by atoms with Gasteiger partial charge in [0.2, 0.25) is 0 Å². The minimum atomic E-state index is -0.492. The largest absolute Gasteiger partial charge is 0.497 e. The number of rotatable bonds is 7. The molecule has 2 N–H and O–H groups in total. The predicted octanol–water partition coefficient (Wildman–Crippen LogP) is 4.47. The molecule has 0 saturated carbocycles. The Balaban J connectivity index is 1.42. The zero-order valence-electron chi connectivity index (χ0n) is 16.2. The van der Waals surface area contributed by atoms with Gasteiger partial charge in [-0.2, -0.15) is 0 Å². The van der Waals surface area contributed by atoms with Crippen molar-refractivity contribution in [2.45, 2.75) is 13.1 Å². The molecule has 0 unspecified atom stereocenters. The lowest BCUT2D eigenvalue weighted by atomic mass is 10.1. The smallest absolute Gasteiger partial charge is 0.252 e. The number of nitrogens with one attached hydrogen (secondary N) is 2. The molecule has 0 spiro atoms. The molecule has 30 heavy (non-hydrogen) atoms. The minimum absolute atomic E-state index is 0.141. The monoisotopic (exact) mass is 422 g/mol. The number of fused-ring (bicyclic) bond motifs is 1. The van der Waals surface area contributed by atoms with Crippen LogP contribution >= 0.6 is 11.6 Å².